The van der Waals surface area contributed by atoms with Crippen LogP contribution in [-0.2, 0) is 0 Å². The van der Waals surface area contributed by atoms with Gasteiger partial charge < -0.3 is 5.32 Å². The lowest BCUT2D eigenvalue weighted by molar-refractivity contribution is 0.974. The molecule has 4 rings (SSSR count). The number of aryl methyl sites for hydroxylation is 1. The number of halogens is 1. The van der Waals surface area contributed by atoms with Crippen LogP contribution in [0.3, 0.4) is 0 Å². The SMILES string of the molecule is Cc1cccc(Nc2nc3ccc(Cl)cc3c(=O)n2-c2ccccc2)c1. The van der Waals surface area contributed by atoms with Crippen LogP contribution in [0, 0.1) is 6.92 Å². The topological polar surface area (TPSA) is 46.9 Å². The molecule has 0 aliphatic carbocycles. The number of benzene rings is 3. The van der Waals surface area contributed by atoms with Crippen molar-refractivity contribution in [3.63, 3.8) is 0 Å². The van der Waals surface area contributed by atoms with Crippen LogP contribution in [0.4, 0.5) is 11.6 Å². The molecule has 0 amide bonds. The second-order valence-electron chi connectivity index (χ2n) is 6.07. The molecule has 0 bridgehead atoms. The number of anilines is 2. The summed E-state index contributed by atoms with van der Waals surface area (Å²) in [5.74, 6) is 0.460. The first-order chi connectivity index (χ1) is 12.6. The standard InChI is InChI=1S/C21H16ClN3O/c1-14-6-5-7-16(12-14)23-21-24-19-11-10-15(22)13-18(19)20(26)25(21)17-8-3-2-4-9-17/h2-13H,1H3,(H,23,24). The van der Waals surface area contributed by atoms with E-state index >= 15 is 0 Å². The summed E-state index contributed by atoms with van der Waals surface area (Å²) in [4.78, 5) is 17.9. The summed E-state index contributed by atoms with van der Waals surface area (Å²) in [5, 5.41) is 4.27. The molecule has 4 nitrogen and oxygen atoms in total. The van der Waals surface area contributed by atoms with Crippen LogP contribution in [-0.4, -0.2) is 9.55 Å². The Labute approximate surface area is 155 Å². The van der Waals surface area contributed by atoms with Crippen molar-refractivity contribution in [3.05, 3.63) is 93.7 Å². The van der Waals surface area contributed by atoms with Gasteiger partial charge in [-0.05, 0) is 55.0 Å². The Morgan fingerprint density at radius 2 is 1.77 bits per heavy atom. The lowest BCUT2D eigenvalue weighted by Gasteiger charge is -2.15. The van der Waals surface area contributed by atoms with Crippen molar-refractivity contribution in [2.45, 2.75) is 6.92 Å². The Kier molecular flexibility index (Phi) is 4.19. The van der Waals surface area contributed by atoms with Gasteiger partial charge in [0.1, 0.15) is 0 Å². The highest BCUT2D eigenvalue weighted by molar-refractivity contribution is 6.31. The molecule has 0 atom stereocenters. The number of nitrogens with zero attached hydrogens (tertiary/aromatic N) is 2. The molecule has 1 N–H and O–H groups in total. The molecule has 0 unspecified atom stereocenters. The average Bonchev–Trinajstić information content (AvgIpc) is 2.63. The second kappa shape index (κ2) is 6.65. The minimum atomic E-state index is -0.168. The number of nitrogens with one attached hydrogen (secondary N) is 1. The van der Waals surface area contributed by atoms with Crippen molar-refractivity contribution in [2.75, 3.05) is 5.32 Å². The monoisotopic (exact) mass is 361 g/mol. The van der Waals surface area contributed by atoms with Gasteiger partial charge in [-0.15, -0.1) is 0 Å². The fourth-order valence-corrected chi connectivity index (χ4v) is 3.08. The van der Waals surface area contributed by atoms with Crippen LogP contribution < -0.4 is 10.9 Å². The van der Waals surface area contributed by atoms with Crippen LogP contribution in [0.2, 0.25) is 5.02 Å². The summed E-state index contributed by atoms with van der Waals surface area (Å²) in [6.45, 7) is 2.02. The Morgan fingerprint density at radius 3 is 2.54 bits per heavy atom. The molecule has 128 valence electrons. The number of hydrogen-bond acceptors (Lipinski definition) is 3. The molecule has 0 fully saturated rings. The number of aromatic nitrogens is 2. The van der Waals surface area contributed by atoms with Gasteiger partial charge in [0, 0.05) is 10.7 Å². The first kappa shape index (κ1) is 16.4. The van der Waals surface area contributed by atoms with E-state index < -0.39 is 0 Å². The molecular formula is C21H16ClN3O. The van der Waals surface area contributed by atoms with Crippen molar-refractivity contribution in [1.29, 1.82) is 0 Å². The highest BCUT2D eigenvalue weighted by Crippen LogP contribution is 2.22. The van der Waals surface area contributed by atoms with Crippen LogP contribution in [0.15, 0.2) is 77.6 Å². The summed E-state index contributed by atoms with van der Waals surface area (Å²) in [7, 11) is 0. The fourth-order valence-electron chi connectivity index (χ4n) is 2.91. The molecule has 1 heterocycles. The normalized spacial score (nSPS) is 10.8. The molecule has 0 radical (unpaired) electrons. The summed E-state index contributed by atoms with van der Waals surface area (Å²) in [5.41, 5.74) is 3.16. The van der Waals surface area contributed by atoms with Gasteiger partial charge in [0.2, 0.25) is 5.95 Å². The molecule has 0 saturated carbocycles. The van der Waals surface area contributed by atoms with Crippen molar-refractivity contribution < 1.29 is 0 Å². The third-order valence-corrected chi connectivity index (χ3v) is 4.35. The molecule has 1 aromatic heterocycles. The van der Waals surface area contributed by atoms with Crippen molar-refractivity contribution in [1.82, 2.24) is 9.55 Å². The van der Waals surface area contributed by atoms with Gasteiger partial charge in [-0.25, -0.2) is 9.55 Å². The minimum Gasteiger partial charge on any atom is -0.325 e. The van der Waals surface area contributed by atoms with Crippen molar-refractivity contribution in [3.8, 4) is 5.69 Å². The predicted molar refractivity (Wildman–Crippen MR) is 107 cm³/mol. The van der Waals surface area contributed by atoms with Gasteiger partial charge in [-0.1, -0.05) is 41.9 Å². The van der Waals surface area contributed by atoms with Gasteiger partial charge in [0.15, 0.2) is 0 Å². The van der Waals surface area contributed by atoms with E-state index in [1.807, 2.05) is 61.5 Å². The van der Waals surface area contributed by atoms with Gasteiger partial charge in [0.05, 0.1) is 16.6 Å². The number of fused-ring (bicyclic) bond motifs is 1. The predicted octanol–water partition coefficient (Wildman–Crippen LogP) is 5.09. The lowest BCUT2D eigenvalue weighted by atomic mass is 10.2. The maximum absolute atomic E-state index is 13.2. The van der Waals surface area contributed by atoms with E-state index in [9.17, 15) is 4.79 Å². The largest absolute Gasteiger partial charge is 0.325 e. The summed E-state index contributed by atoms with van der Waals surface area (Å²) in [6.07, 6.45) is 0. The van der Waals surface area contributed by atoms with E-state index in [-0.39, 0.29) is 5.56 Å². The summed E-state index contributed by atoms with van der Waals surface area (Å²) < 4.78 is 1.57. The van der Waals surface area contributed by atoms with Gasteiger partial charge in [-0.3, -0.25) is 4.79 Å². The van der Waals surface area contributed by atoms with Crippen LogP contribution in [0.25, 0.3) is 16.6 Å². The number of rotatable bonds is 3. The van der Waals surface area contributed by atoms with Crippen LogP contribution in [0.5, 0.6) is 0 Å². The highest BCUT2D eigenvalue weighted by atomic mass is 35.5. The van der Waals surface area contributed by atoms with Gasteiger partial charge in [0.25, 0.3) is 5.56 Å². The maximum Gasteiger partial charge on any atom is 0.267 e. The molecule has 26 heavy (non-hydrogen) atoms. The zero-order valence-electron chi connectivity index (χ0n) is 14.1. The minimum absolute atomic E-state index is 0.168. The molecule has 3 aromatic carbocycles. The van der Waals surface area contributed by atoms with Gasteiger partial charge in [-0.2, -0.15) is 0 Å². The smallest absolute Gasteiger partial charge is 0.267 e. The zero-order chi connectivity index (χ0) is 18.1. The van der Waals surface area contributed by atoms with Crippen LogP contribution in [0.1, 0.15) is 5.56 Å². The molecule has 4 aromatic rings. The molecule has 0 aliphatic heterocycles. The first-order valence-electron chi connectivity index (χ1n) is 8.23. The summed E-state index contributed by atoms with van der Waals surface area (Å²) in [6, 6.07) is 22.5. The van der Waals surface area contributed by atoms with E-state index in [0.29, 0.717) is 21.9 Å². The average molecular weight is 362 g/mol. The summed E-state index contributed by atoms with van der Waals surface area (Å²) >= 11 is 6.08. The Bertz CT molecular complexity index is 1150. The van der Waals surface area contributed by atoms with Crippen LogP contribution >= 0.6 is 11.6 Å². The zero-order valence-corrected chi connectivity index (χ0v) is 14.9. The first-order valence-corrected chi connectivity index (χ1v) is 8.61. The molecule has 0 saturated heterocycles. The third-order valence-electron chi connectivity index (χ3n) is 4.12. The van der Waals surface area contributed by atoms with Crippen molar-refractivity contribution >= 4 is 34.1 Å². The number of para-hydroxylation sites is 1. The highest BCUT2D eigenvalue weighted by Gasteiger charge is 2.13. The Balaban J connectivity index is 1.98. The van der Waals surface area contributed by atoms with Gasteiger partial charge >= 0.3 is 0 Å². The quantitative estimate of drug-likeness (QED) is 0.552. The molecule has 0 aliphatic rings. The van der Waals surface area contributed by atoms with E-state index in [2.05, 4.69) is 10.3 Å². The van der Waals surface area contributed by atoms with E-state index in [0.717, 1.165) is 16.9 Å². The number of hydrogen-bond donors (Lipinski definition) is 1. The third kappa shape index (κ3) is 3.07. The lowest BCUT2D eigenvalue weighted by Crippen LogP contribution is -2.22. The molecular weight excluding hydrogens is 346 g/mol. The molecule has 5 heteroatoms. The maximum atomic E-state index is 13.2. The van der Waals surface area contributed by atoms with E-state index in [1.54, 1.807) is 22.8 Å². The van der Waals surface area contributed by atoms with E-state index in [1.165, 1.54) is 0 Å². The second-order valence-corrected chi connectivity index (χ2v) is 6.50. The van der Waals surface area contributed by atoms with Crippen molar-refractivity contribution in [2.24, 2.45) is 0 Å². The Hall–Kier alpha value is -3.11. The Morgan fingerprint density at radius 1 is 0.962 bits per heavy atom. The molecule has 0 spiro atoms. The fraction of sp³-hybridized carbons (Fsp3) is 0.0476. The van der Waals surface area contributed by atoms with E-state index in [4.69, 9.17) is 11.6 Å².